The second-order valence-corrected chi connectivity index (χ2v) is 8.13. The van der Waals surface area contributed by atoms with Crippen LogP contribution in [0.5, 0.6) is 5.75 Å². The maximum Gasteiger partial charge on any atom is 0.415 e. The van der Waals surface area contributed by atoms with Crippen LogP contribution in [0.3, 0.4) is 0 Å². The lowest BCUT2D eigenvalue weighted by molar-refractivity contribution is -0.127. The highest BCUT2D eigenvalue weighted by Crippen LogP contribution is 2.29. The van der Waals surface area contributed by atoms with Crippen molar-refractivity contribution in [1.82, 2.24) is 14.5 Å². The number of nitrogens with zero attached hydrogens (tertiary/aromatic N) is 2. The number of rotatable bonds is 7. The van der Waals surface area contributed by atoms with Gasteiger partial charge in [0.2, 0.25) is 5.91 Å². The maximum absolute atomic E-state index is 14.7. The van der Waals surface area contributed by atoms with Gasteiger partial charge in [-0.25, -0.2) is 18.1 Å². The number of hydrogen-bond acceptors (Lipinski definition) is 4. The minimum atomic E-state index is -1.62. The van der Waals surface area contributed by atoms with E-state index in [1.54, 1.807) is 38.4 Å². The Hall–Kier alpha value is -2.98. The topological polar surface area (TPSA) is 91.0 Å². The molecule has 160 valence electrons. The molecule has 0 aliphatic carbocycles. The number of hydrogen-bond donors (Lipinski definition) is 2. The van der Waals surface area contributed by atoms with E-state index in [1.807, 2.05) is 6.07 Å². The van der Waals surface area contributed by atoms with Crippen LogP contribution in [0.25, 0.3) is 0 Å². The summed E-state index contributed by atoms with van der Waals surface area (Å²) < 4.78 is 36.7. The first-order valence-electron chi connectivity index (χ1n) is 9.20. The number of carbonyl (C=O) groups is 2. The molecule has 30 heavy (non-hydrogen) atoms. The second-order valence-electron chi connectivity index (χ2n) is 6.98. The lowest BCUT2D eigenvalue weighted by Gasteiger charge is -2.28. The van der Waals surface area contributed by atoms with Crippen LogP contribution in [0.2, 0.25) is 0 Å². The van der Waals surface area contributed by atoms with Crippen molar-refractivity contribution in [2.45, 2.75) is 19.5 Å². The molecule has 8 nitrogen and oxygen atoms in total. The van der Waals surface area contributed by atoms with Crippen LogP contribution >= 0.6 is 0 Å². The monoisotopic (exact) mass is 434 g/mol. The minimum Gasteiger partial charge on any atom is -0.410 e. The van der Waals surface area contributed by atoms with Gasteiger partial charge < -0.3 is 9.64 Å². The van der Waals surface area contributed by atoms with Crippen molar-refractivity contribution in [3.8, 4) is 5.75 Å². The molecule has 0 aromatic heterocycles. The van der Waals surface area contributed by atoms with Gasteiger partial charge in [0.1, 0.15) is 5.75 Å². The Bertz CT molecular complexity index is 999. The summed E-state index contributed by atoms with van der Waals surface area (Å²) >= 11 is -1.62. The number of carbonyl (C=O) groups excluding carboxylic acids is 2. The highest BCUT2D eigenvalue weighted by Gasteiger charge is 2.26. The Kier molecular flexibility index (Phi) is 6.68. The third kappa shape index (κ3) is 4.95. The Morgan fingerprint density at radius 3 is 2.77 bits per heavy atom. The number of likely N-dealkylation sites (N-methyl/N-ethyl adjacent to an activating group) is 1. The smallest absolute Gasteiger partial charge is 0.410 e. The van der Waals surface area contributed by atoms with E-state index < -0.39 is 23.1 Å². The van der Waals surface area contributed by atoms with E-state index in [-0.39, 0.29) is 36.7 Å². The summed E-state index contributed by atoms with van der Waals surface area (Å²) in [4.78, 5) is 27.2. The Morgan fingerprint density at radius 1 is 1.30 bits per heavy atom. The van der Waals surface area contributed by atoms with Crippen molar-refractivity contribution in [2.24, 2.45) is 0 Å². The van der Waals surface area contributed by atoms with Gasteiger partial charge in [-0.3, -0.25) is 14.4 Å². The molecule has 0 radical (unpaired) electrons. The molecule has 1 atom stereocenters. The highest BCUT2D eigenvalue weighted by molar-refractivity contribution is 7.84. The number of anilines is 1. The lowest BCUT2D eigenvalue weighted by atomic mass is 10.1. The largest absolute Gasteiger partial charge is 0.415 e. The third-order valence-corrected chi connectivity index (χ3v) is 5.41. The fourth-order valence-corrected chi connectivity index (χ4v) is 3.41. The SMILES string of the molecule is CNS(=O)Nc1cccc(CN2Cc3ccc(CC(=O)N(C)C)cc3OC2=O)c1F. The van der Waals surface area contributed by atoms with Gasteiger partial charge in [-0.05, 0) is 24.7 Å². The molecule has 2 aromatic rings. The van der Waals surface area contributed by atoms with Gasteiger partial charge in [-0.2, -0.15) is 0 Å². The third-order valence-electron chi connectivity index (χ3n) is 4.63. The van der Waals surface area contributed by atoms with Gasteiger partial charge in [-0.15, -0.1) is 0 Å². The number of halogens is 1. The standard InChI is InChI=1S/C20H23FN4O4S/c1-22-30(28)23-16-6-4-5-15(19(16)21)12-25-11-14-8-7-13(10-18(26)24(2)3)9-17(14)29-20(25)27/h4-9,22-23H,10-12H2,1-3H3. The van der Waals surface area contributed by atoms with E-state index in [0.29, 0.717) is 5.75 Å². The van der Waals surface area contributed by atoms with Crippen LogP contribution in [0.15, 0.2) is 36.4 Å². The van der Waals surface area contributed by atoms with E-state index >= 15 is 0 Å². The van der Waals surface area contributed by atoms with E-state index in [2.05, 4.69) is 9.44 Å². The molecule has 0 fully saturated rings. The van der Waals surface area contributed by atoms with Crippen molar-refractivity contribution in [2.75, 3.05) is 25.9 Å². The predicted molar refractivity (Wildman–Crippen MR) is 111 cm³/mol. The zero-order valence-corrected chi connectivity index (χ0v) is 17.7. The molecule has 10 heteroatoms. The fraction of sp³-hybridized carbons (Fsp3) is 0.300. The van der Waals surface area contributed by atoms with Gasteiger partial charge in [0.15, 0.2) is 17.0 Å². The molecule has 0 bridgehead atoms. The van der Waals surface area contributed by atoms with Gasteiger partial charge >= 0.3 is 6.09 Å². The van der Waals surface area contributed by atoms with Crippen LogP contribution in [0, 0.1) is 5.82 Å². The Morgan fingerprint density at radius 2 is 2.07 bits per heavy atom. The molecular weight excluding hydrogens is 411 g/mol. The van der Waals surface area contributed by atoms with Crippen molar-refractivity contribution in [1.29, 1.82) is 0 Å². The lowest BCUT2D eigenvalue weighted by Crippen LogP contribution is -2.36. The van der Waals surface area contributed by atoms with Crippen LogP contribution in [-0.2, 0) is 35.5 Å². The molecule has 2 N–H and O–H groups in total. The van der Waals surface area contributed by atoms with Crippen LogP contribution < -0.4 is 14.2 Å². The van der Waals surface area contributed by atoms with E-state index in [4.69, 9.17) is 4.74 Å². The molecule has 2 aromatic carbocycles. The summed E-state index contributed by atoms with van der Waals surface area (Å²) in [5, 5.41) is 0. The first kappa shape index (κ1) is 21.7. The second kappa shape index (κ2) is 9.23. The first-order chi connectivity index (χ1) is 14.3. The Balaban J connectivity index is 1.75. The number of amides is 2. The van der Waals surface area contributed by atoms with E-state index in [0.717, 1.165) is 11.1 Å². The number of ether oxygens (including phenoxy) is 1. The van der Waals surface area contributed by atoms with Crippen molar-refractivity contribution >= 4 is 28.9 Å². The van der Waals surface area contributed by atoms with Gasteiger partial charge in [-0.1, -0.05) is 24.3 Å². The summed E-state index contributed by atoms with van der Waals surface area (Å²) in [6, 6.07) is 9.94. The Labute approximate surface area is 176 Å². The summed E-state index contributed by atoms with van der Waals surface area (Å²) in [7, 11) is 4.84. The number of fused-ring (bicyclic) bond motifs is 1. The quantitative estimate of drug-likeness (QED) is 0.699. The molecule has 0 spiro atoms. The molecule has 1 unspecified atom stereocenters. The van der Waals surface area contributed by atoms with Crippen molar-refractivity contribution in [3.05, 3.63) is 58.9 Å². The number of benzene rings is 2. The molecule has 1 heterocycles. The molecule has 3 rings (SSSR count). The van der Waals surface area contributed by atoms with E-state index in [9.17, 15) is 18.2 Å². The summed E-state index contributed by atoms with van der Waals surface area (Å²) in [5.41, 5.74) is 1.85. The number of nitrogens with one attached hydrogen (secondary N) is 2. The molecule has 0 saturated carbocycles. The van der Waals surface area contributed by atoms with Crippen LogP contribution in [-0.4, -0.2) is 47.2 Å². The van der Waals surface area contributed by atoms with Gasteiger partial charge in [0.25, 0.3) is 0 Å². The first-order valence-corrected chi connectivity index (χ1v) is 10.4. The molecular formula is C20H23FN4O4S. The fourth-order valence-electron chi connectivity index (χ4n) is 2.95. The zero-order chi connectivity index (χ0) is 21.8. The van der Waals surface area contributed by atoms with Crippen LogP contribution in [0.1, 0.15) is 16.7 Å². The van der Waals surface area contributed by atoms with E-state index in [1.165, 1.54) is 22.9 Å². The minimum absolute atomic E-state index is 0.00726. The summed E-state index contributed by atoms with van der Waals surface area (Å²) in [6.07, 6.45) is -0.393. The molecule has 0 saturated heterocycles. The van der Waals surface area contributed by atoms with Crippen molar-refractivity contribution in [3.63, 3.8) is 0 Å². The summed E-state index contributed by atoms with van der Waals surface area (Å²) in [6.45, 7) is 0.238. The molecule has 2 amide bonds. The normalized spacial score (nSPS) is 14.0. The predicted octanol–water partition coefficient (Wildman–Crippen LogP) is 2.18. The maximum atomic E-state index is 14.7. The average Bonchev–Trinajstić information content (AvgIpc) is 2.71. The average molecular weight is 434 g/mol. The van der Waals surface area contributed by atoms with Gasteiger partial charge in [0, 0.05) is 25.2 Å². The van der Waals surface area contributed by atoms with Crippen LogP contribution in [0.4, 0.5) is 14.9 Å². The van der Waals surface area contributed by atoms with Gasteiger partial charge in [0.05, 0.1) is 25.2 Å². The highest BCUT2D eigenvalue weighted by atomic mass is 32.2. The van der Waals surface area contributed by atoms with Crippen molar-refractivity contribution < 1.29 is 22.9 Å². The zero-order valence-electron chi connectivity index (χ0n) is 16.9. The summed E-state index contributed by atoms with van der Waals surface area (Å²) in [5.74, 6) is -0.236. The molecule has 1 aliphatic heterocycles. The molecule has 1 aliphatic rings.